The summed E-state index contributed by atoms with van der Waals surface area (Å²) in [6.45, 7) is 3.71. The lowest BCUT2D eigenvalue weighted by Gasteiger charge is -2.33. The third-order valence-electron chi connectivity index (χ3n) is 4.22. The Morgan fingerprint density at radius 3 is 2.80 bits per heavy atom. The van der Waals surface area contributed by atoms with Crippen molar-refractivity contribution in [1.29, 1.82) is 0 Å². The highest BCUT2D eigenvalue weighted by molar-refractivity contribution is 8.01. The second-order valence-corrected chi connectivity index (χ2v) is 6.98. The zero-order chi connectivity index (χ0) is 15.1. The van der Waals surface area contributed by atoms with Crippen LogP contribution in [0.1, 0.15) is 33.1 Å². The molecule has 0 radical (unpaired) electrons. The first-order chi connectivity index (χ1) is 9.31. The molecule has 2 saturated heterocycles. The Morgan fingerprint density at radius 1 is 1.60 bits per heavy atom. The second-order valence-electron chi connectivity index (χ2n) is 5.48. The Balaban J connectivity index is 2.17. The normalized spacial score (nSPS) is 30.2. The van der Waals surface area contributed by atoms with Crippen molar-refractivity contribution in [2.45, 2.75) is 50.1 Å². The third kappa shape index (κ3) is 2.28. The highest BCUT2D eigenvalue weighted by Gasteiger charge is 2.53. The van der Waals surface area contributed by atoms with E-state index < -0.39 is 18.1 Å². The number of rotatable bonds is 4. The lowest BCUT2D eigenvalue weighted by molar-refractivity contribution is -0.152. The largest absolute Gasteiger partial charge is 0.480 e. The van der Waals surface area contributed by atoms with Gasteiger partial charge in [-0.1, -0.05) is 6.92 Å². The maximum absolute atomic E-state index is 12.5. The fraction of sp³-hybridized carbons (Fsp3) is 0.769. The number of likely N-dealkylation sites (N-methyl/N-ethyl adjacent to an activating group) is 1. The van der Waals surface area contributed by atoms with Crippen molar-refractivity contribution in [3.8, 4) is 0 Å². The van der Waals surface area contributed by atoms with Gasteiger partial charge in [0.15, 0.2) is 0 Å². The van der Waals surface area contributed by atoms with E-state index in [2.05, 4.69) is 0 Å². The Labute approximate surface area is 122 Å². The molecule has 0 aromatic carbocycles. The minimum Gasteiger partial charge on any atom is -0.480 e. The summed E-state index contributed by atoms with van der Waals surface area (Å²) in [5, 5.41) is 9.15. The van der Waals surface area contributed by atoms with Crippen LogP contribution in [0.2, 0.25) is 0 Å². The number of carbonyl (C=O) groups excluding carboxylic acids is 2. The summed E-state index contributed by atoms with van der Waals surface area (Å²) in [5.41, 5.74) is 0. The molecule has 0 aromatic rings. The molecule has 1 N–H and O–H groups in total. The molecule has 2 fully saturated rings. The third-order valence-corrected chi connectivity index (χ3v) is 5.72. The average molecular weight is 300 g/mol. The zero-order valence-corrected chi connectivity index (χ0v) is 12.8. The van der Waals surface area contributed by atoms with Crippen molar-refractivity contribution in [3.05, 3.63) is 0 Å². The van der Waals surface area contributed by atoms with E-state index in [0.29, 0.717) is 18.6 Å². The molecule has 0 bridgehead atoms. The van der Waals surface area contributed by atoms with Crippen LogP contribution >= 0.6 is 11.8 Å². The molecule has 2 aliphatic heterocycles. The topological polar surface area (TPSA) is 77.9 Å². The van der Waals surface area contributed by atoms with Gasteiger partial charge in [-0.15, -0.1) is 11.8 Å². The fourth-order valence-electron chi connectivity index (χ4n) is 3.01. The number of carboxylic acids is 1. The second kappa shape index (κ2) is 5.27. The average Bonchev–Trinajstić information content (AvgIpc) is 2.86. The first kappa shape index (κ1) is 15.2. The van der Waals surface area contributed by atoms with Crippen LogP contribution in [0.15, 0.2) is 0 Å². The highest BCUT2D eigenvalue weighted by atomic mass is 32.2. The van der Waals surface area contributed by atoms with Gasteiger partial charge in [0.1, 0.15) is 12.1 Å². The molecule has 2 amide bonds. The summed E-state index contributed by atoms with van der Waals surface area (Å²) in [4.78, 5) is 38.3. The van der Waals surface area contributed by atoms with Gasteiger partial charge in [-0.2, -0.15) is 0 Å². The van der Waals surface area contributed by atoms with Crippen LogP contribution in [-0.2, 0) is 14.4 Å². The maximum Gasteiger partial charge on any atom is 0.326 e. The van der Waals surface area contributed by atoms with Gasteiger partial charge >= 0.3 is 5.97 Å². The molecule has 0 saturated carbocycles. The van der Waals surface area contributed by atoms with Crippen LogP contribution in [0.3, 0.4) is 0 Å². The Hall–Kier alpha value is -1.24. The summed E-state index contributed by atoms with van der Waals surface area (Å²) in [6, 6.07) is -1.37. The fourth-order valence-corrected chi connectivity index (χ4v) is 4.43. The SMILES string of the molecule is CCC(C(=O)O)N(C)C(=O)C1CSC2(C)CCC(=O)N12. The summed E-state index contributed by atoms with van der Waals surface area (Å²) in [5.74, 6) is -0.746. The molecule has 0 spiro atoms. The predicted molar refractivity (Wildman–Crippen MR) is 75.2 cm³/mol. The minimum atomic E-state index is -1.01. The van der Waals surface area contributed by atoms with Crippen LogP contribution in [0.5, 0.6) is 0 Å². The van der Waals surface area contributed by atoms with Gasteiger partial charge in [0.2, 0.25) is 11.8 Å². The molecule has 0 aromatic heterocycles. The van der Waals surface area contributed by atoms with Crippen LogP contribution < -0.4 is 0 Å². The molecular weight excluding hydrogens is 280 g/mol. The number of hydrogen-bond donors (Lipinski definition) is 1. The van der Waals surface area contributed by atoms with Gasteiger partial charge in [-0.05, 0) is 19.8 Å². The predicted octanol–water partition coefficient (Wildman–Crippen LogP) is 0.762. The van der Waals surface area contributed by atoms with Gasteiger partial charge in [0.25, 0.3) is 0 Å². The van der Waals surface area contributed by atoms with Gasteiger partial charge in [0.05, 0.1) is 4.87 Å². The highest BCUT2D eigenvalue weighted by Crippen LogP contribution is 2.47. The van der Waals surface area contributed by atoms with Crippen molar-refractivity contribution in [3.63, 3.8) is 0 Å². The van der Waals surface area contributed by atoms with Gasteiger partial charge in [-0.25, -0.2) is 4.79 Å². The number of hydrogen-bond acceptors (Lipinski definition) is 4. The van der Waals surface area contributed by atoms with Crippen molar-refractivity contribution in [2.75, 3.05) is 12.8 Å². The van der Waals surface area contributed by atoms with E-state index in [1.54, 1.807) is 23.6 Å². The van der Waals surface area contributed by atoms with Crippen molar-refractivity contribution >= 4 is 29.5 Å². The molecule has 112 valence electrons. The quantitative estimate of drug-likeness (QED) is 0.829. The van der Waals surface area contributed by atoms with E-state index >= 15 is 0 Å². The first-order valence-electron chi connectivity index (χ1n) is 6.77. The number of carbonyl (C=O) groups is 3. The molecule has 3 unspecified atom stereocenters. The van der Waals surface area contributed by atoms with E-state index in [0.717, 1.165) is 6.42 Å². The zero-order valence-electron chi connectivity index (χ0n) is 12.0. The van der Waals surface area contributed by atoms with E-state index in [4.69, 9.17) is 5.11 Å². The summed E-state index contributed by atoms with van der Waals surface area (Å²) in [6.07, 6.45) is 1.57. The molecule has 3 atom stereocenters. The molecule has 0 aliphatic carbocycles. The first-order valence-corrected chi connectivity index (χ1v) is 7.76. The molecule has 6 nitrogen and oxygen atoms in total. The molecule has 2 rings (SSSR count). The van der Waals surface area contributed by atoms with Gasteiger partial charge in [-0.3, -0.25) is 9.59 Å². The van der Waals surface area contributed by atoms with Crippen LogP contribution in [-0.4, -0.2) is 62.4 Å². The number of carboxylic acid groups (broad SMARTS) is 1. The van der Waals surface area contributed by atoms with Crippen molar-refractivity contribution in [1.82, 2.24) is 9.80 Å². The lowest BCUT2D eigenvalue weighted by Crippen LogP contribution is -2.53. The van der Waals surface area contributed by atoms with Crippen LogP contribution in [0.4, 0.5) is 0 Å². The maximum atomic E-state index is 12.5. The standard InChI is InChI=1S/C13H20N2O4S/c1-4-8(12(18)19)14(3)11(17)9-7-20-13(2)6-5-10(16)15(9)13/h8-9H,4-7H2,1-3H3,(H,18,19). The van der Waals surface area contributed by atoms with Crippen LogP contribution in [0, 0.1) is 0 Å². The minimum absolute atomic E-state index is 0.00683. The van der Waals surface area contributed by atoms with E-state index in [1.165, 1.54) is 11.9 Å². The monoisotopic (exact) mass is 300 g/mol. The lowest BCUT2D eigenvalue weighted by atomic mass is 10.1. The molecule has 2 heterocycles. The molecule has 20 heavy (non-hydrogen) atoms. The smallest absolute Gasteiger partial charge is 0.326 e. The Bertz CT molecular complexity index is 456. The summed E-state index contributed by atoms with van der Waals surface area (Å²) in [7, 11) is 1.51. The van der Waals surface area contributed by atoms with E-state index in [-0.39, 0.29) is 16.7 Å². The number of amides is 2. The number of aliphatic carboxylic acids is 1. The Morgan fingerprint density at radius 2 is 2.25 bits per heavy atom. The van der Waals surface area contributed by atoms with Gasteiger partial charge < -0.3 is 14.9 Å². The van der Waals surface area contributed by atoms with E-state index in [1.807, 2.05) is 6.92 Å². The Kier molecular flexibility index (Phi) is 4.00. The number of fused-ring (bicyclic) bond motifs is 1. The van der Waals surface area contributed by atoms with Gasteiger partial charge in [0, 0.05) is 19.2 Å². The van der Waals surface area contributed by atoms with Crippen LogP contribution in [0.25, 0.3) is 0 Å². The molecule has 7 heteroatoms. The number of nitrogens with zero attached hydrogens (tertiary/aromatic N) is 2. The summed E-state index contributed by atoms with van der Waals surface area (Å²) < 4.78 is 0. The summed E-state index contributed by atoms with van der Waals surface area (Å²) >= 11 is 1.61. The number of thioether (sulfide) groups is 1. The molecular formula is C13H20N2O4S. The van der Waals surface area contributed by atoms with Crippen molar-refractivity contribution in [2.24, 2.45) is 0 Å². The van der Waals surface area contributed by atoms with Crippen molar-refractivity contribution < 1.29 is 19.5 Å². The molecule has 2 aliphatic rings. The van der Waals surface area contributed by atoms with E-state index in [9.17, 15) is 14.4 Å².